The minimum atomic E-state index is 0.660. The van der Waals surface area contributed by atoms with Crippen molar-refractivity contribution in [2.45, 2.75) is 6.92 Å². The quantitative estimate of drug-likeness (QED) is 0.707. The molecule has 0 aliphatic carbocycles. The third kappa shape index (κ3) is 1.32. The van der Waals surface area contributed by atoms with E-state index in [1.54, 1.807) is 7.11 Å². The summed E-state index contributed by atoms with van der Waals surface area (Å²) < 4.78 is 5.36. The molecule has 4 nitrogen and oxygen atoms in total. The molecule has 1 heterocycles. The maximum Gasteiger partial charge on any atom is 0.126 e. The lowest BCUT2D eigenvalue weighted by atomic mass is 10.0. The average Bonchev–Trinajstić information content (AvgIpc) is 2.42. The number of hydrogen-bond donors (Lipinski definition) is 1. The van der Waals surface area contributed by atoms with Crippen molar-refractivity contribution in [1.82, 2.24) is 10.2 Å². The molecule has 0 fully saturated rings. The first-order valence-corrected chi connectivity index (χ1v) is 5.63. The Balaban J connectivity index is 2.67. The number of rotatable bonds is 1. The molecule has 0 radical (unpaired) electrons. The lowest BCUT2D eigenvalue weighted by Crippen LogP contribution is -2.06. The zero-order chi connectivity index (χ0) is 12.7. The normalized spacial score (nSPS) is 12.4. The summed E-state index contributed by atoms with van der Waals surface area (Å²) in [6.45, 7) is 1.92. The van der Waals surface area contributed by atoms with E-state index in [9.17, 15) is 5.11 Å². The molecule has 0 saturated heterocycles. The number of methoxy groups -OCH3 is 1. The van der Waals surface area contributed by atoms with Crippen LogP contribution in [0.3, 0.4) is 0 Å². The molecule has 0 bridgehead atoms. The summed E-state index contributed by atoms with van der Waals surface area (Å²) in [5.74, 6) is 0.796. The van der Waals surface area contributed by atoms with E-state index in [-0.39, 0.29) is 0 Å². The molecule has 3 aromatic rings. The topological polar surface area (TPSA) is 55.2 Å². The smallest absolute Gasteiger partial charge is 0.126 e. The van der Waals surface area contributed by atoms with Crippen molar-refractivity contribution in [2.24, 2.45) is 0 Å². The van der Waals surface area contributed by atoms with E-state index in [1.807, 2.05) is 31.2 Å². The minimum absolute atomic E-state index is 0.660. The number of aryl methyl sites for hydroxylation is 1. The van der Waals surface area contributed by atoms with Gasteiger partial charge in [-0.25, -0.2) is 0 Å². The van der Waals surface area contributed by atoms with Gasteiger partial charge in [-0.3, -0.25) is 0 Å². The Kier molecular flexibility index (Phi) is 2.30. The maximum absolute atomic E-state index is 9.25. The van der Waals surface area contributed by atoms with Crippen LogP contribution in [0.15, 0.2) is 24.3 Å². The molecule has 0 aliphatic rings. The van der Waals surface area contributed by atoms with Crippen molar-refractivity contribution < 1.29 is 9.84 Å². The summed E-state index contributed by atoms with van der Waals surface area (Å²) >= 11 is 0. The SMILES string of the molecule is COc1ccc2c(C)nnc3/c(=C/O)ccc1c23. The lowest BCUT2D eigenvalue weighted by molar-refractivity contribution is 0.420. The molecule has 0 spiro atoms. The number of benzene rings is 2. The van der Waals surface area contributed by atoms with E-state index < -0.39 is 0 Å². The summed E-state index contributed by atoms with van der Waals surface area (Å²) in [6.07, 6.45) is 1.05. The molecule has 0 unspecified atom stereocenters. The van der Waals surface area contributed by atoms with E-state index in [1.165, 1.54) is 0 Å². The van der Waals surface area contributed by atoms with E-state index in [4.69, 9.17) is 4.74 Å². The Hall–Kier alpha value is -2.36. The highest BCUT2D eigenvalue weighted by atomic mass is 16.5. The molecule has 0 aliphatic heterocycles. The fourth-order valence-electron chi connectivity index (χ4n) is 2.29. The first kappa shape index (κ1) is 10.8. The lowest BCUT2D eigenvalue weighted by Gasteiger charge is -2.10. The molecule has 0 saturated carbocycles. The Morgan fingerprint density at radius 3 is 2.61 bits per heavy atom. The van der Waals surface area contributed by atoms with Crippen molar-refractivity contribution in [3.05, 3.63) is 35.2 Å². The number of aliphatic hydroxyl groups is 1. The van der Waals surface area contributed by atoms with Crippen molar-refractivity contribution in [1.29, 1.82) is 0 Å². The van der Waals surface area contributed by atoms with E-state index in [2.05, 4.69) is 10.2 Å². The Bertz CT molecular complexity index is 797. The van der Waals surface area contributed by atoms with Gasteiger partial charge in [0, 0.05) is 21.4 Å². The third-order valence-electron chi connectivity index (χ3n) is 3.19. The van der Waals surface area contributed by atoms with Gasteiger partial charge in [-0.1, -0.05) is 0 Å². The fourth-order valence-corrected chi connectivity index (χ4v) is 2.29. The molecule has 0 amide bonds. The molecule has 18 heavy (non-hydrogen) atoms. The van der Waals surface area contributed by atoms with Gasteiger partial charge in [0.25, 0.3) is 0 Å². The van der Waals surface area contributed by atoms with Crippen molar-refractivity contribution in [3.8, 4) is 5.75 Å². The van der Waals surface area contributed by atoms with Gasteiger partial charge in [0.2, 0.25) is 0 Å². The van der Waals surface area contributed by atoms with Crippen molar-refractivity contribution >= 4 is 27.9 Å². The molecular formula is C14H12N2O2. The van der Waals surface area contributed by atoms with Crippen LogP contribution >= 0.6 is 0 Å². The second kappa shape index (κ2) is 3.84. The van der Waals surface area contributed by atoms with Gasteiger partial charge in [-0.2, -0.15) is 5.10 Å². The molecule has 1 N–H and O–H groups in total. The summed E-state index contributed by atoms with van der Waals surface area (Å²) in [5.41, 5.74) is 1.56. The summed E-state index contributed by atoms with van der Waals surface area (Å²) in [4.78, 5) is 0. The van der Waals surface area contributed by atoms with Crippen LogP contribution in [0.4, 0.5) is 0 Å². The van der Waals surface area contributed by atoms with E-state index in [0.717, 1.165) is 33.9 Å². The van der Waals surface area contributed by atoms with Crippen LogP contribution < -0.4 is 9.96 Å². The van der Waals surface area contributed by atoms with Crippen molar-refractivity contribution in [3.63, 3.8) is 0 Å². The zero-order valence-corrected chi connectivity index (χ0v) is 10.1. The summed E-state index contributed by atoms with van der Waals surface area (Å²) in [5, 5.41) is 21.2. The number of aromatic nitrogens is 2. The fraction of sp³-hybridized carbons (Fsp3) is 0.143. The molecule has 3 rings (SSSR count). The van der Waals surface area contributed by atoms with Gasteiger partial charge in [0.1, 0.15) is 11.3 Å². The molecular weight excluding hydrogens is 228 g/mol. The van der Waals surface area contributed by atoms with Gasteiger partial charge in [-0.15, -0.1) is 5.10 Å². The second-order valence-corrected chi connectivity index (χ2v) is 4.16. The van der Waals surface area contributed by atoms with E-state index in [0.29, 0.717) is 10.7 Å². The van der Waals surface area contributed by atoms with Crippen LogP contribution in [0.25, 0.3) is 27.9 Å². The van der Waals surface area contributed by atoms with Crippen LogP contribution in [-0.4, -0.2) is 22.4 Å². The minimum Gasteiger partial charge on any atom is -0.515 e. The van der Waals surface area contributed by atoms with Crippen LogP contribution in [-0.2, 0) is 0 Å². The van der Waals surface area contributed by atoms with Gasteiger partial charge in [0.15, 0.2) is 0 Å². The predicted molar refractivity (Wildman–Crippen MR) is 70.6 cm³/mol. The maximum atomic E-state index is 9.25. The van der Waals surface area contributed by atoms with Crippen LogP contribution in [0.1, 0.15) is 5.69 Å². The number of ether oxygens (including phenoxy) is 1. The molecule has 0 atom stereocenters. The average molecular weight is 240 g/mol. The van der Waals surface area contributed by atoms with Gasteiger partial charge >= 0.3 is 0 Å². The summed E-state index contributed by atoms with van der Waals surface area (Å²) in [7, 11) is 1.64. The second-order valence-electron chi connectivity index (χ2n) is 4.16. The Labute approximate surface area is 104 Å². The highest BCUT2D eigenvalue weighted by Gasteiger charge is 2.11. The highest BCUT2D eigenvalue weighted by molar-refractivity contribution is 6.11. The van der Waals surface area contributed by atoms with E-state index >= 15 is 0 Å². The van der Waals surface area contributed by atoms with Gasteiger partial charge in [-0.05, 0) is 31.2 Å². The van der Waals surface area contributed by atoms with Gasteiger partial charge < -0.3 is 9.84 Å². The third-order valence-corrected chi connectivity index (χ3v) is 3.19. The van der Waals surface area contributed by atoms with Crippen LogP contribution in [0, 0.1) is 6.92 Å². The highest BCUT2D eigenvalue weighted by Crippen LogP contribution is 2.31. The first-order chi connectivity index (χ1) is 8.76. The standard InChI is InChI=1S/C14H12N2O2/c1-8-10-5-6-12(18-2)11-4-3-9(7-17)14(13(10)11)16-15-8/h3-7,17H,1-2H3/b9-7+. The molecule has 2 aromatic carbocycles. The van der Waals surface area contributed by atoms with Gasteiger partial charge in [0.05, 0.1) is 19.1 Å². The van der Waals surface area contributed by atoms with Crippen LogP contribution in [0.2, 0.25) is 0 Å². The first-order valence-electron chi connectivity index (χ1n) is 5.63. The Morgan fingerprint density at radius 2 is 1.89 bits per heavy atom. The number of hydrogen-bond acceptors (Lipinski definition) is 4. The molecule has 90 valence electrons. The molecule has 1 aromatic heterocycles. The number of aliphatic hydroxyl groups excluding tert-OH is 1. The predicted octanol–water partition coefficient (Wildman–Crippen LogP) is 2.11. The summed E-state index contributed by atoms with van der Waals surface area (Å²) in [6, 6.07) is 7.63. The molecule has 4 heteroatoms. The Morgan fingerprint density at radius 1 is 1.11 bits per heavy atom. The zero-order valence-electron chi connectivity index (χ0n) is 10.1. The largest absolute Gasteiger partial charge is 0.515 e. The van der Waals surface area contributed by atoms with Crippen LogP contribution in [0.5, 0.6) is 5.75 Å². The monoisotopic (exact) mass is 240 g/mol. The number of nitrogens with zero attached hydrogens (tertiary/aromatic N) is 2. The van der Waals surface area contributed by atoms with Crippen molar-refractivity contribution in [2.75, 3.05) is 7.11 Å².